The minimum absolute atomic E-state index is 0.134. The van der Waals surface area contributed by atoms with Crippen LogP contribution in [0, 0.1) is 0 Å². The number of benzene rings is 1. The largest absolute Gasteiger partial charge is 0.497 e. The third-order valence-corrected chi connectivity index (χ3v) is 2.73. The molecule has 0 aliphatic carbocycles. The number of aromatic nitrogens is 3. The number of carboxylic acid groups (broad SMARTS) is 1. The van der Waals surface area contributed by atoms with E-state index in [-0.39, 0.29) is 6.42 Å². The lowest BCUT2D eigenvalue weighted by Crippen LogP contribution is -2.04. The van der Waals surface area contributed by atoms with Gasteiger partial charge in [0.25, 0.3) is 0 Å². The summed E-state index contributed by atoms with van der Waals surface area (Å²) >= 11 is 0. The Bertz CT molecular complexity index is 549. The maximum absolute atomic E-state index is 10.5. The number of carboxylic acids is 1. The van der Waals surface area contributed by atoms with Crippen molar-refractivity contribution in [3.8, 4) is 11.4 Å². The molecule has 1 N–H and O–H groups in total. The Labute approximate surface area is 110 Å². The van der Waals surface area contributed by atoms with Gasteiger partial charge in [-0.2, -0.15) is 5.10 Å². The lowest BCUT2D eigenvalue weighted by molar-refractivity contribution is -0.137. The van der Waals surface area contributed by atoms with E-state index in [1.54, 1.807) is 11.8 Å². The van der Waals surface area contributed by atoms with E-state index in [0.29, 0.717) is 12.8 Å². The molecule has 1 heterocycles. The summed E-state index contributed by atoms with van der Waals surface area (Å²) in [4.78, 5) is 14.7. The normalized spacial score (nSPS) is 10.4. The van der Waals surface area contributed by atoms with Crippen molar-refractivity contribution in [2.24, 2.45) is 0 Å². The Kier molecular flexibility index (Phi) is 4.12. The molecule has 0 fully saturated rings. The van der Waals surface area contributed by atoms with Gasteiger partial charge < -0.3 is 9.84 Å². The van der Waals surface area contributed by atoms with Crippen molar-refractivity contribution in [2.75, 3.05) is 7.11 Å². The molecule has 2 rings (SSSR count). The summed E-state index contributed by atoms with van der Waals surface area (Å²) in [7, 11) is 1.61. The van der Waals surface area contributed by atoms with E-state index in [9.17, 15) is 4.79 Å². The number of hydrogen-bond acceptors (Lipinski definition) is 4. The standard InChI is InChI=1S/C13H15N3O3/c1-19-11-7-5-10(6-8-11)16-12(14-9-15-16)3-2-4-13(17)18/h5-9H,2-4H2,1H3,(H,17,18). The highest BCUT2D eigenvalue weighted by Crippen LogP contribution is 2.15. The number of ether oxygens (including phenoxy) is 1. The molecular weight excluding hydrogens is 246 g/mol. The van der Waals surface area contributed by atoms with Crippen molar-refractivity contribution < 1.29 is 14.6 Å². The Morgan fingerprint density at radius 3 is 2.74 bits per heavy atom. The van der Waals surface area contributed by atoms with Crippen molar-refractivity contribution in [2.45, 2.75) is 19.3 Å². The predicted octanol–water partition coefficient (Wildman–Crippen LogP) is 1.68. The van der Waals surface area contributed by atoms with Crippen molar-refractivity contribution in [1.29, 1.82) is 0 Å². The van der Waals surface area contributed by atoms with Crippen LogP contribution in [0.1, 0.15) is 18.7 Å². The van der Waals surface area contributed by atoms with Crippen molar-refractivity contribution in [3.63, 3.8) is 0 Å². The van der Waals surface area contributed by atoms with Crippen LogP contribution in [0.15, 0.2) is 30.6 Å². The molecule has 1 aromatic carbocycles. The number of rotatable bonds is 6. The van der Waals surface area contributed by atoms with Gasteiger partial charge in [0.2, 0.25) is 0 Å². The number of hydrogen-bond donors (Lipinski definition) is 1. The second-order valence-electron chi connectivity index (χ2n) is 4.03. The fourth-order valence-corrected chi connectivity index (χ4v) is 1.77. The smallest absolute Gasteiger partial charge is 0.303 e. The molecule has 0 unspecified atom stereocenters. The summed E-state index contributed by atoms with van der Waals surface area (Å²) in [5, 5.41) is 12.8. The van der Waals surface area contributed by atoms with E-state index in [1.807, 2.05) is 24.3 Å². The highest BCUT2D eigenvalue weighted by molar-refractivity contribution is 5.66. The van der Waals surface area contributed by atoms with E-state index in [2.05, 4.69) is 10.1 Å². The monoisotopic (exact) mass is 261 g/mol. The summed E-state index contributed by atoms with van der Waals surface area (Å²) in [5.41, 5.74) is 0.878. The Morgan fingerprint density at radius 1 is 1.37 bits per heavy atom. The van der Waals surface area contributed by atoms with Gasteiger partial charge in [-0.1, -0.05) is 0 Å². The van der Waals surface area contributed by atoms with Gasteiger partial charge in [0.1, 0.15) is 17.9 Å². The lowest BCUT2D eigenvalue weighted by Gasteiger charge is -2.06. The molecule has 0 bridgehead atoms. The molecule has 0 amide bonds. The number of nitrogens with zero attached hydrogens (tertiary/aromatic N) is 3. The summed E-state index contributed by atoms with van der Waals surface area (Å²) in [5.74, 6) is 0.734. The molecule has 0 saturated heterocycles. The van der Waals surface area contributed by atoms with Crippen LogP contribution in [0.4, 0.5) is 0 Å². The van der Waals surface area contributed by atoms with Gasteiger partial charge in [-0.3, -0.25) is 4.79 Å². The summed E-state index contributed by atoms with van der Waals surface area (Å²) in [6.45, 7) is 0. The van der Waals surface area contributed by atoms with E-state index in [4.69, 9.17) is 9.84 Å². The van der Waals surface area contributed by atoms with Crippen LogP contribution >= 0.6 is 0 Å². The third-order valence-electron chi connectivity index (χ3n) is 2.73. The van der Waals surface area contributed by atoms with Crippen LogP contribution in [0.5, 0.6) is 5.75 Å². The van der Waals surface area contributed by atoms with E-state index < -0.39 is 5.97 Å². The number of methoxy groups -OCH3 is 1. The first-order chi connectivity index (χ1) is 9.20. The van der Waals surface area contributed by atoms with Crippen molar-refractivity contribution in [3.05, 3.63) is 36.4 Å². The molecule has 0 aliphatic heterocycles. The number of carbonyl (C=O) groups is 1. The van der Waals surface area contributed by atoms with Gasteiger partial charge in [0.15, 0.2) is 0 Å². The molecule has 6 nitrogen and oxygen atoms in total. The first-order valence-corrected chi connectivity index (χ1v) is 5.96. The van der Waals surface area contributed by atoms with Crippen LogP contribution in [-0.2, 0) is 11.2 Å². The zero-order valence-corrected chi connectivity index (χ0v) is 10.6. The SMILES string of the molecule is COc1ccc(-n2ncnc2CCCC(=O)O)cc1. The van der Waals surface area contributed by atoms with Crippen LogP contribution in [0.2, 0.25) is 0 Å². The van der Waals surface area contributed by atoms with E-state index >= 15 is 0 Å². The van der Waals surface area contributed by atoms with Crippen LogP contribution in [0.3, 0.4) is 0 Å². The summed E-state index contributed by atoms with van der Waals surface area (Å²) in [6, 6.07) is 7.46. The van der Waals surface area contributed by atoms with Crippen LogP contribution < -0.4 is 4.74 Å². The molecule has 0 aliphatic rings. The molecule has 1 aromatic heterocycles. The van der Waals surface area contributed by atoms with Gasteiger partial charge in [-0.25, -0.2) is 9.67 Å². The first kappa shape index (κ1) is 13.1. The molecule has 2 aromatic rings. The second kappa shape index (κ2) is 5.99. The Hall–Kier alpha value is -2.37. The fourth-order valence-electron chi connectivity index (χ4n) is 1.77. The van der Waals surface area contributed by atoms with Crippen molar-refractivity contribution in [1.82, 2.24) is 14.8 Å². The molecule has 0 atom stereocenters. The zero-order valence-electron chi connectivity index (χ0n) is 10.6. The highest BCUT2D eigenvalue weighted by Gasteiger charge is 2.07. The fraction of sp³-hybridized carbons (Fsp3) is 0.308. The molecular formula is C13H15N3O3. The quantitative estimate of drug-likeness (QED) is 0.856. The maximum atomic E-state index is 10.5. The van der Waals surface area contributed by atoms with Crippen LogP contribution in [0.25, 0.3) is 5.69 Å². The van der Waals surface area contributed by atoms with Crippen molar-refractivity contribution >= 4 is 5.97 Å². The van der Waals surface area contributed by atoms with Gasteiger partial charge >= 0.3 is 5.97 Å². The second-order valence-corrected chi connectivity index (χ2v) is 4.03. The molecule has 0 saturated carbocycles. The molecule has 6 heteroatoms. The third kappa shape index (κ3) is 3.31. The lowest BCUT2D eigenvalue weighted by atomic mass is 10.2. The Morgan fingerprint density at radius 2 is 2.11 bits per heavy atom. The van der Waals surface area contributed by atoms with E-state index in [1.165, 1.54) is 6.33 Å². The summed E-state index contributed by atoms with van der Waals surface area (Å²) < 4.78 is 6.81. The van der Waals surface area contributed by atoms with Crippen LogP contribution in [-0.4, -0.2) is 33.0 Å². The highest BCUT2D eigenvalue weighted by atomic mass is 16.5. The van der Waals surface area contributed by atoms with Gasteiger partial charge in [0.05, 0.1) is 12.8 Å². The maximum Gasteiger partial charge on any atom is 0.303 e. The summed E-state index contributed by atoms with van der Waals surface area (Å²) in [6.07, 6.45) is 2.73. The van der Waals surface area contributed by atoms with E-state index in [0.717, 1.165) is 17.3 Å². The molecule has 19 heavy (non-hydrogen) atoms. The average Bonchev–Trinajstić information content (AvgIpc) is 2.87. The Balaban J connectivity index is 2.11. The predicted molar refractivity (Wildman–Crippen MR) is 68.5 cm³/mol. The van der Waals surface area contributed by atoms with Gasteiger partial charge in [0, 0.05) is 12.8 Å². The number of aryl methyl sites for hydroxylation is 1. The average molecular weight is 261 g/mol. The van der Waals surface area contributed by atoms with Gasteiger partial charge in [-0.05, 0) is 30.7 Å². The molecule has 100 valence electrons. The molecule has 0 spiro atoms. The van der Waals surface area contributed by atoms with Gasteiger partial charge in [-0.15, -0.1) is 0 Å². The zero-order chi connectivity index (χ0) is 13.7. The topological polar surface area (TPSA) is 77.2 Å². The number of aliphatic carboxylic acids is 1. The molecule has 0 radical (unpaired) electrons. The first-order valence-electron chi connectivity index (χ1n) is 5.96. The minimum Gasteiger partial charge on any atom is -0.497 e. The minimum atomic E-state index is -0.796.